The first-order valence-electron chi connectivity index (χ1n) is 6.86. The van der Waals surface area contributed by atoms with Crippen molar-refractivity contribution in [1.29, 1.82) is 0 Å². The number of hydrogen-bond acceptors (Lipinski definition) is 3. The van der Waals surface area contributed by atoms with Crippen molar-refractivity contribution >= 4 is 29.2 Å². The van der Waals surface area contributed by atoms with Gasteiger partial charge in [-0.1, -0.05) is 23.7 Å². The number of hydrogen-bond donors (Lipinski definition) is 1. The van der Waals surface area contributed by atoms with Crippen LogP contribution < -0.4 is 5.32 Å². The maximum atomic E-state index is 13.4. The SMILES string of the molecule is Cc1ccc(NC(=O)COC(=O)c2ccc(C)c(F)c2)c(Cl)c1. The fourth-order valence-corrected chi connectivity index (χ4v) is 2.12. The third kappa shape index (κ3) is 4.53. The lowest BCUT2D eigenvalue weighted by molar-refractivity contribution is -0.119. The van der Waals surface area contributed by atoms with Gasteiger partial charge in [0.05, 0.1) is 16.3 Å². The Labute approximate surface area is 138 Å². The van der Waals surface area contributed by atoms with Crippen LogP contribution in [0.3, 0.4) is 0 Å². The van der Waals surface area contributed by atoms with Gasteiger partial charge in [0.1, 0.15) is 5.82 Å². The molecular formula is C17H15ClFNO3. The van der Waals surface area contributed by atoms with Crippen molar-refractivity contribution in [3.63, 3.8) is 0 Å². The Hall–Kier alpha value is -2.40. The van der Waals surface area contributed by atoms with E-state index in [1.165, 1.54) is 12.1 Å². The fourth-order valence-electron chi connectivity index (χ4n) is 1.84. The lowest BCUT2D eigenvalue weighted by atomic mass is 10.1. The van der Waals surface area contributed by atoms with E-state index in [2.05, 4.69) is 5.32 Å². The van der Waals surface area contributed by atoms with Crippen molar-refractivity contribution in [3.8, 4) is 0 Å². The topological polar surface area (TPSA) is 55.4 Å². The van der Waals surface area contributed by atoms with Crippen LogP contribution in [-0.4, -0.2) is 18.5 Å². The minimum atomic E-state index is -0.769. The van der Waals surface area contributed by atoms with E-state index < -0.39 is 24.3 Å². The van der Waals surface area contributed by atoms with E-state index in [0.717, 1.165) is 11.6 Å². The lowest BCUT2D eigenvalue weighted by Gasteiger charge is -2.09. The molecule has 0 saturated heterocycles. The van der Waals surface area contributed by atoms with E-state index in [9.17, 15) is 14.0 Å². The van der Waals surface area contributed by atoms with Crippen LogP contribution >= 0.6 is 11.6 Å². The Morgan fingerprint density at radius 1 is 1.17 bits per heavy atom. The molecule has 0 unspecified atom stereocenters. The minimum absolute atomic E-state index is 0.0502. The molecule has 2 aromatic carbocycles. The number of carbonyl (C=O) groups excluding carboxylic acids is 2. The number of benzene rings is 2. The molecule has 120 valence electrons. The van der Waals surface area contributed by atoms with Crippen LogP contribution in [0.4, 0.5) is 10.1 Å². The van der Waals surface area contributed by atoms with Gasteiger partial charge in [0.25, 0.3) is 5.91 Å². The van der Waals surface area contributed by atoms with Crippen LogP contribution in [0, 0.1) is 19.7 Å². The summed E-state index contributed by atoms with van der Waals surface area (Å²) in [6.07, 6.45) is 0. The Kier molecular flexibility index (Phi) is 5.34. The maximum absolute atomic E-state index is 13.4. The average molecular weight is 336 g/mol. The van der Waals surface area contributed by atoms with Crippen LogP contribution in [0.25, 0.3) is 0 Å². The zero-order valence-corrected chi connectivity index (χ0v) is 13.4. The molecule has 23 heavy (non-hydrogen) atoms. The predicted octanol–water partition coefficient (Wildman–Crippen LogP) is 3.89. The van der Waals surface area contributed by atoms with Gasteiger partial charge in [-0.05, 0) is 49.2 Å². The molecule has 0 spiro atoms. The molecule has 0 aliphatic carbocycles. The Morgan fingerprint density at radius 2 is 1.91 bits per heavy atom. The third-order valence-corrected chi connectivity index (χ3v) is 3.45. The standard InChI is InChI=1S/C17H15ClFNO3/c1-10-3-6-15(13(18)7-10)20-16(21)9-23-17(22)12-5-4-11(2)14(19)8-12/h3-8H,9H2,1-2H3,(H,20,21). The van der Waals surface area contributed by atoms with Crippen LogP contribution in [-0.2, 0) is 9.53 Å². The number of carbonyl (C=O) groups is 2. The van der Waals surface area contributed by atoms with Gasteiger partial charge in [0.2, 0.25) is 0 Å². The smallest absolute Gasteiger partial charge is 0.338 e. The van der Waals surface area contributed by atoms with E-state index in [1.807, 2.05) is 6.92 Å². The highest BCUT2D eigenvalue weighted by Gasteiger charge is 2.13. The van der Waals surface area contributed by atoms with E-state index >= 15 is 0 Å². The fraction of sp³-hybridized carbons (Fsp3) is 0.176. The summed E-state index contributed by atoms with van der Waals surface area (Å²) in [5, 5.41) is 2.94. The highest BCUT2D eigenvalue weighted by atomic mass is 35.5. The molecule has 4 nitrogen and oxygen atoms in total. The van der Waals surface area contributed by atoms with Crippen molar-refractivity contribution in [2.75, 3.05) is 11.9 Å². The zero-order valence-electron chi connectivity index (χ0n) is 12.7. The highest BCUT2D eigenvalue weighted by molar-refractivity contribution is 6.33. The summed E-state index contributed by atoms with van der Waals surface area (Å²) in [6, 6.07) is 9.15. The first kappa shape index (κ1) is 17.0. The van der Waals surface area contributed by atoms with Crippen LogP contribution in [0.2, 0.25) is 5.02 Å². The number of esters is 1. The first-order valence-corrected chi connectivity index (χ1v) is 7.24. The Morgan fingerprint density at radius 3 is 2.57 bits per heavy atom. The molecule has 1 amide bonds. The lowest BCUT2D eigenvalue weighted by Crippen LogP contribution is -2.21. The molecule has 0 heterocycles. The Bertz CT molecular complexity index is 761. The van der Waals surface area contributed by atoms with Crippen LogP contribution in [0.1, 0.15) is 21.5 Å². The summed E-state index contributed by atoms with van der Waals surface area (Å²) >= 11 is 6.00. The van der Waals surface area contributed by atoms with Crippen molar-refractivity contribution < 1.29 is 18.7 Å². The molecule has 0 saturated carbocycles. The first-order chi connectivity index (χ1) is 10.9. The van der Waals surface area contributed by atoms with Crippen molar-refractivity contribution in [1.82, 2.24) is 0 Å². The number of amides is 1. The second kappa shape index (κ2) is 7.24. The molecular weight excluding hydrogens is 321 g/mol. The zero-order chi connectivity index (χ0) is 17.0. The van der Waals surface area contributed by atoms with Crippen molar-refractivity contribution in [2.45, 2.75) is 13.8 Å². The molecule has 0 aliphatic heterocycles. The van der Waals surface area contributed by atoms with Gasteiger partial charge >= 0.3 is 5.97 Å². The monoisotopic (exact) mass is 335 g/mol. The second-order valence-electron chi connectivity index (χ2n) is 5.07. The number of halogens is 2. The Balaban J connectivity index is 1.93. The van der Waals surface area contributed by atoms with Gasteiger partial charge in [0.15, 0.2) is 6.61 Å². The van der Waals surface area contributed by atoms with Crippen LogP contribution in [0.5, 0.6) is 0 Å². The summed E-state index contributed by atoms with van der Waals surface area (Å²) < 4.78 is 18.3. The molecule has 2 aromatic rings. The van der Waals surface area contributed by atoms with Gasteiger partial charge < -0.3 is 10.1 Å². The molecule has 6 heteroatoms. The summed E-state index contributed by atoms with van der Waals surface area (Å²) in [6.45, 7) is 2.97. The molecule has 0 radical (unpaired) electrons. The van der Waals surface area contributed by atoms with Gasteiger partial charge in [-0.2, -0.15) is 0 Å². The summed E-state index contributed by atoms with van der Waals surface area (Å²) in [4.78, 5) is 23.6. The van der Waals surface area contributed by atoms with E-state index in [0.29, 0.717) is 16.3 Å². The molecule has 0 bridgehead atoms. The normalized spacial score (nSPS) is 10.3. The van der Waals surface area contributed by atoms with E-state index in [4.69, 9.17) is 16.3 Å². The highest BCUT2D eigenvalue weighted by Crippen LogP contribution is 2.22. The van der Waals surface area contributed by atoms with E-state index in [1.54, 1.807) is 25.1 Å². The van der Waals surface area contributed by atoms with Gasteiger partial charge in [0, 0.05) is 0 Å². The minimum Gasteiger partial charge on any atom is -0.452 e. The molecule has 0 atom stereocenters. The molecule has 0 aromatic heterocycles. The van der Waals surface area contributed by atoms with Crippen LogP contribution in [0.15, 0.2) is 36.4 Å². The number of aryl methyl sites for hydroxylation is 2. The number of rotatable bonds is 4. The second-order valence-corrected chi connectivity index (χ2v) is 5.48. The average Bonchev–Trinajstić information content (AvgIpc) is 2.50. The largest absolute Gasteiger partial charge is 0.452 e. The maximum Gasteiger partial charge on any atom is 0.338 e. The summed E-state index contributed by atoms with van der Waals surface area (Å²) in [5.74, 6) is -1.80. The van der Waals surface area contributed by atoms with Crippen molar-refractivity contribution in [2.24, 2.45) is 0 Å². The molecule has 0 aliphatic rings. The number of anilines is 1. The molecule has 0 fully saturated rings. The van der Waals surface area contributed by atoms with Gasteiger partial charge in [-0.15, -0.1) is 0 Å². The molecule has 2 rings (SSSR count). The predicted molar refractivity (Wildman–Crippen MR) is 86.2 cm³/mol. The van der Waals surface area contributed by atoms with Gasteiger partial charge in [-0.3, -0.25) is 4.79 Å². The number of nitrogens with one attached hydrogen (secondary N) is 1. The molecule has 1 N–H and O–H groups in total. The van der Waals surface area contributed by atoms with Gasteiger partial charge in [-0.25, -0.2) is 9.18 Å². The quantitative estimate of drug-likeness (QED) is 0.862. The summed E-state index contributed by atoms with van der Waals surface area (Å²) in [5.41, 5.74) is 1.86. The third-order valence-electron chi connectivity index (χ3n) is 3.14. The number of ether oxygens (including phenoxy) is 1. The summed E-state index contributed by atoms with van der Waals surface area (Å²) in [7, 11) is 0. The van der Waals surface area contributed by atoms with Crippen molar-refractivity contribution in [3.05, 3.63) is 63.9 Å². The van der Waals surface area contributed by atoms with E-state index in [-0.39, 0.29) is 5.56 Å².